The third kappa shape index (κ3) is 3.25. The van der Waals surface area contributed by atoms with Crippen molar-refractivity contribution in [3.8, 4) is 11.3 Å². The van der Waals surface area contributed by atoms with Crippen molar-refractivity contribution in [2.24, 2.45) is 18.7 Å². The van der Waals surface area contributed by atoms with Gasteiger partial charge >= 0.3 is 0 Å². The van der Waals surface area contributed by atoms with E-state index in [1.165, 1.54) is 0 Å². The molecular weight excluding hydrogens is 330 g/mol. The van der Waals surface area contributed by atoms with Crippen LogP contribution in [0.5, 0.6) is 0 Å². The lowest BCUT2D eigenvalue weighted by atomic mass is 9.90. The van der Waals surface area contributed by atoms with Crippen molar-refractivity contribution in [2.45, 2.75) is 12.5 Å². The molecule has 0 bridgehead atoms. The lowest BCUT2D eigenvalue weighted by Gasteiger charge is -2.13. The van der Waals surface area contributed by atoms with E-state index in [0.717, 1.165) is 23.4 Å². The number of oxazole rings is 1. The molecule has 7 heteroatoms. The fourth-order valence-corrected chi connectivity index (χ4v) is 3.58. The van der Waals surface area contributed by atoms with E-state index in [9.17, 15) is 4.79 Å². The molecule has 2 aromatic heterocycles. The van der Waals surface area contributed by atoms with E-state index in [1.807, 2.05) is 49.8 Å². The minimum Gasteiger partial charge on any atom is -0.439 e. The number of primary amides is 1. The Hall–Kier alpha value is -2.93. The number of hydrogen-bond acceptors (Lipinski definition) is 5. The molecule has 3 aromatic rings. The van der Waals surface area contributed by atoms with Crippen LogP contribution in [-0.4, -0.2) is 38.7 Å². The highest BCUT2D eigenvalue weighted by atomic mass is 16.4. The SMILES string of the molecule is Cn1cc([C@H]2CN(Cc3ncc(-c4ccccc4)o3)C[C@@H]2C(N)=O)cn1. The molecule has 7 nitrogen and oxygen atoms in total. The van der Waals surface area contributed by atoms with E-state index in [0.29, 0.717) is 19.0 Å². The molecule has 1 fully saturated rings. The first-order chi connectivity index (χ1) is 12.6. The van der Waals surface area contributed by atoms with Gasteiger partial charge in [0.25, 0.3) is 0 Å². The van der Waals surface area contributed by atoms with Crippen molar-refractivity contribution in [1.82, 2.24) is 19.7 Å². The maximum atomic E-state index is 11.9. The second-order valence-electron chi connectivity index (χ2n) is 6.74. The van der Waals surface area contributed by atoms with E-state index in [4.69, 9.17) is 10.2 Å². The first-order valence-electron chi connectivity index (χ1n) is 8.60. The Morgan fingerprint density at radius 2 is 2.08 bits per heavy atom. The largest absolute Gasteiger partial charge is 0.439 e. The van der Waals surface area contributed by atoms with E-state index >= 15 is 0 Å². The molecule has 1 aliphatic heterocycles. The van der Waals surface area contributed by atoms with Crippen molar-refractivity contribution < 1.29 is 9.21 Å². The summed E-state index contributed by atoms with van der Waals surface area (Å²) in [6.45, 7) is 1.87. The number of aryl methyl sites for hydroxylation is 1. The van der Waals surface area contributed by atoms with Gasteiger partial charge in [0.1, 0.15) is 0 Å². The molecule has 26 heavy (non-hydrogen) atoms. The quantitative estimate of drug-likeness (QED) is 0.757. The number of aromatic nitrogens is 3. The Morgan fingerprint density at radius 3 is 2.77 bits per heavy atom. The maximum Gasteiger partial charge on any atom is 0.222 e. The first-order valence-corrected chi connectivity index (χ1v) is 8.60. The van der Waals surface area contributed by atoms with Crippen molar-refractivity contribution in [3.05, 3.63) is 60.4 Å². The molecule has 0 radical (unpaired) electrons. The van der Waals surface area contributed by atoms with Gasteiger partial charge in [-0.15, -0.1) is 0 Å². The van der Waals surface area contributed by atoms with Gasteiger partial charge in [-0.05, 0) is 5.56 Å². The zero-order valence-electron chi connectivity index (χ0n) is 14.6. The van der Waals surface area contributed by atoms with Crippen molar-refractivity contribution in [1.29, 1.82) is 0 Å². The molecule has 2 atom stereocenters. The summed E-state index contributed by atoms with van der Waals surface area (Å²) in [5, 5.41) is 4.22. The highest BCUT2D eigenvalue weighted by Gasteiger charge is 2.38. The van der Waals surface area contributed by atoms with Crippen LogP contribution in [0.1, 0.15) is 17.4 Å². The summed E-state index contributed by atoms with van der Waals surface area (Å²) < 4.78 is 7.63. The fraction of sp³-hybridized carbons (Fsp3) is 0.316. The molecule has 0 aliphatic carbocycles. The summed E-state index contributed by atoms with van der Waals surface area (Å²) in [5.74, 6) is 0.917. The van der Waals surface area contributed by atoms with Gasteiger partial charge in [0, 0.05) is 37.8 Å². The zero-order chi connectivity index (χ0) is 18.1. The number of benzene rings is 1. The van der Waals surface area contributed by atoms with E-state index in [2.05, 4.69) is 15.0 Å². The number of rotatable bonds is 5. The van der Waals surface area contributed by atoms with Crippen LogP contribution in [0.2, 0.25) is 0 Å². The summed E-state index contributed by atoms with van der Waals surface area (Å²) in [4.78, 5) is 18.5. The third-order valence-electron chi connectivity index (χ3n) is 4.88. The Bertz CT molecular complexity index is 902. The highest BCUT2D eigenvalue weighted by molar-refractivity contribution is 5.78. The molecule has 3 heterocycles. The van der Waals surface area contributed by atoms with Gasteiger partial charge in [0.2, 0.25) is 11.8 Å². The average molecular weight is 351 g/mol. The second-order valence-corrected chi connectivity index (χ2v) is 6.74. The summed E-state index contributed by atoms with van der Waals surface area (Å²) >= 11 is 0. The molecule has 1 amide bonds. The van der Waals surface area contributed by atoms with Crippen LogP contribution in [0.15, 0.2) is 53.3 Å². The molecule has 1 aliphatic rings. The summed E-state index contributed by atoms with van der Waals surface area (Å²) in [7, 11) is 1.87. The normalized spacial score (nSPS) is 20.5. The van der Waals surface area contributed by atoms with Crippen LogP contribution >= 0.6 is 0 Å². The van der Waals surface area contributed by atoms with Gasteiger partial charge in [-0.3, -0.25) is 14.4 Å². The number of likely N-dealkylation sites (tertiary alicyclic amines) is 1. The number of carbonyl (C=O) groups is 1. The Balaban J connectivity index is 1.49. The predicted octanol–water partition coefficient (Wildman–Crippen LogP) is 1.78. The van der Waals surface area contributed by atoms with Crippen molar-refractivity contribution >= 4 is 5.91 Å². The molecule has 4 rings (SSSR count). The van der Waals surface area contributed by atoms with E-state index in [-0.39, 0.29) is 17.7 Å². The van der Waals surface area contributed by atoms with Gasteiger partial charge in [0.15, 0.2) is 5.76 Å². The van der Waals surface area contributed by atoms with Crippen LogP contribution in [0.4, 0.5) is 0 Å². The molecule has 0 unspecified atom stereocenters. The summed E-state index contributed by atoms with van der Waals surface area (Å²) in [6.07, 6.45) is 5.50. The number of carbonyl (C=O) groups excluding carboxylic acids is 1. The monoisotopic (exact) mass is 351 g/mol. The molecule has 0 saturated carbocycles. The van der Waals surface area contributed by atoms with Crippen LogP contribution < -0.4 is 5.73 Å². The van der Waals surface area contributed by atoms with Gasteiger partial charge < -0.3 is 10.2 Å². The van der Waals surface area contributed by atoms with Gasteiger partial charge in [0.05, 0.1) is 24.9 Å². The third-order valence-corrected chi connectivity index (χ3v) is 4.88. The van der Waals surface area contributed by atoms with E-state index in [1.54, 1.807) is 10.9 Å². The van der Waals surface area contributed by atoms with Gasteiger partial charge in [-0.1, -0.05) is 30.3 Å². The van der Waals surface area contributed by atoms with Gasteiger partial charge in [-0.2, -0.15) is 5.10 Å². The fourth-order valence-electron chi connectivity index (χ4n) is 3.58. The minimum absolute atomic E-state index is 0.0461. The average Bonchev–Trinajstić information content (AvgIpc) is 3.35. The first kappa shape index (κ1) is 16.5. The lowest BCUT2D eigenvalue weighted by molar-refractivity contribution is -0.121. The van der Waals surface area contributed by atoms with Crippen LogP contribution in [0.3, 0.4) is 0 Å². The van der Waals surface area contributed by atoms with E-state index < -0.39 is 0 Å². The smallest absolute Gasteiger partial charge is 0.222 e. The second kappa shape index (κ2) is 6.76. The molecule has 1 saturated heterocycles. The molecule has 0 spiro atoms. The van der Waals surface area contributed by atoms with Crippen LogP contribution in [0.25, 0.3) is 11.3 Å². The van der Waals surface area contributed by atoms with Crippen molar-refractivity contribution in [3.63, 3.8) is 0 Å². The maximum absolute atomic E-state index is 11.9. The Morgan fingerprint density at radius 1 is 1.27 bits per heavy atom. The van der Waals surface area contributed by atoms with Crippen LogP contribution in [0, 0.1) is 5.92 Å². The summed E-state index contributed by atoms with van der Waals surface area (Å²) in [5.41, 5.74) is 7.67. The minimum atomic E-state index is -0.279. The van der Waals surface area contributed by atoms with Gasteiger partial charge in [-0.25, -0.2) is 4.98 Å². The Labute approximate surface area is 151 Å². The standard InChI is InChI=1S/C19H21N5O2/c1-23-9-14(7-22-23)15-10-24(11-16(15)19(20)25)12-18-21-8-17(26-18)13-5-3-2-4-6-13/h2-9,15-16H,10-12H2,1H3,(H2,20,25)/t15-,16+/m1/s1. The lowest BCUT2D eigenvalue weighted by Crippen LogP contribution is -2.29. The topological polar surface area (TPSA) is 90.2 Å². The van der Waals surface area contributed by atoms with Crippen molar-refractivity contribution in [2.75, 3.05) is 13.1 Å². The number of amides is 1. The molecular formula is C19H21N5O2. The molecule has 2 N–H and O–H groups in total. The number of hydrogen-bond donors (Lipinski definition) is 1. The molecule has 1 aromatic carbocycles. The van der Waals surface area contributed by atoms with Crippen LogP contribution in [-0.2, 0) is 18.4 Å². The number of nitrogens with two attached hydrogens (primary N) is 1. The number of nitrogens with zero attached hydrogens (tertiary/aromatic N) is 4. The highest BCUT2D eigenvalue weighted by Crippen LogP contribution is 2.33. The molecule has 134 valence electrons. The summed E-state index contributed by atoms with van der Waals surface area (Å²) in [6, 6.07) is 9.87. The Kier molecular flexibility index (Phi) is 4.30. The predicted molar refractivity (Wildman–Crippen MR) is 95.8 cm³/mol. The zero-order valence-corrected chi connectivity index (χ0v) is 14.6.